The number of benzene rings is 1. The molecule has 6 nitrogen and oxygen atoms in total. The molecule has 8 heteroatoms. The van der Waals surface area contributed by atoms with Gasteiger partial charge in [0.25, 0.3) is 5.91 Å². The minimum Gasteiger partial charge on any atom is -0.368 e. The average molecular weight is 438 g/mol. The molecule has 164 valence electrons. The maximum absolute atomic E-state index is 14.2. The molecule has 1 aliphatic carbocycles. The van der Waals surface area contributed by atoms with Gasteiger partial charge in [0.15, 0.2) is 0 Å². The van der Waals surface area contributed by atoms with Crippen LogP contribution in [0.1, 0.15) is 49.7 Å². The molecular formula is C22H29ClFN3O3. The average Bonchev–Trinajstić information content (AvgIpc) is 3.40. The zero-order valence-electron chi connectivity index (χ0n) is 17.3. The Kier molecular flexibility index (Phi) is 6.48. The lowest BCUT2D eigenvalue weighted by atomic mass is 10.0. The Morgan fingerprint density at radius 3 is 2.73 bits per heavy atom. The van der Waals surface area contributed by atoms with Gasteiger partial charge in [0, 0.05) is 42.9 Å². The summed E-state index contributed by atoms with van der Waals surface area (Å²) < 4.78 is 19.7. The molecule has 3 amide bonds. The molecule has 30 heavy (non-hydrogen) atoms. The van der Waals surface area contributed by atoms with E-state index in [1.54, 1.807) is 6.07 Å². The van der Waals surface area contributed by atoms with Crippen molar-refractivity contribution in [1.82, 2.24) is 15.1 Å². The summed E-state index contributed by atoms with van der Waals surface area (Å²) in [6.45, 7) is 3.81. The number of carbonyl (C=O) groups excluding carboxylic acids is 2. The number of aryl methyl sites for hydroxylation is 1. The number of likely N-dealkylation sites (tertiary alicyclic amines) is 1. The molecular weight excluding hydrogens is 409 g/mol. The molecule has 0 radical (unpaired) electrons. The number of nitrogens with zero attached hydrogens (tertiary/aromatic N) is 2. The summed E-state index contributed by atoms with van der Waals surface area (Å²) in [7, 11) is 0. The zero-order chi connectivity index (χ0) is 21.3. The molecule has 3 aliphatic rings. The van der Waals surface area contributed by atoms with Crippen molar-refractivity contribution in [3.8, 4) is 0 Å². The summed E-state index contributed by atoms with van der Waals surface area (Å²) in [6, 6.07) is 2.94. The van der Waals surface area contributed by atoms with E-state index in [9.17, 15) is 14.0 Å². The monoisotopic (exact) mass is 437 g/mol. The van der Waals surface area contributed by atoms with Gasteiger partial charge >= 0.3 is 6.03 Å². The van der Waals surface area contributed by atoms with Crippen LogP contribution in [-0.2, 0) is 16.1 Å². The quantitative estimate of drug-likeness (QED) is 0.765. The van der Waals surface area contributed by atoms with Gasteiger partial charge in [0.1, 0.15) is 11.9 Å². The highest BCUT2D eigenvalue weighted by Gasteiger charge is 2.40. The minimum atomic E-state index is -0.421. The Balaban J connectivity index is 1.40. The number of piperidine rings is 1. The molecule has 1 aromatic carbocycles. The predicted molar refractivity (Wildman–Crippen MR) is 112 cm³/mol. The number of urea groups is 1. The molecule has 2 atom stereocenters. The number of hydrogen-bond donors (Lipinski definition) is 1. The third-order valence-corrected chi connectivity index (χ3v) is 6.65. The third-order valence-electron chi connectivity index (χ3n) is 6.24. The van der Waals surface area contributed by atoms with Crippen LogP contribution in [0.5, 0.6) is 0 Å². The number of rotatable bonds is 5. The fourth-order valence-corrected chi connectivity index (χ4v) is 4.61. The van der Waals surface area contributed by atoms with Crippen molar-refractivity contribution in [3.63, 3.8) is 0 Å². The second-order valence-corrected chi connectivity index (χ2v) is 8.98. The van der Waals surface area contributed by atoms with Crippen LogP contribution in [-0.4, -0.2) is 59.6 Å². The summed E-state index contributed by atoms with van der Waals surface area (Å²) >= 11 is 5.96. The van der Waals surface area contributed by atoms with Crippen LogP contribution in [0.4, 0.5) is 9.18 Å². The van der Waals surface area contributed by atoms with E-state index in [1.807, 2.05) is 16.7 Å². The van der Waals surface area contributed by atoms with Crippen molar-refractivity contribution in [3.05, 3.63) is 34.1 Å². The first kappa shape index (κ1) is 21.4. The van der Waals surface area contributed by atoms with Crippen molar-refractivity contribution in [1.29, 1.82) is 0 Å². The highest BCUT2D eigenvalue weighted by molar-refractivity contribution is 6.31. The standard InChI is InChI=1S/C22H29ClFN3O3/c1-14-10-15(19(24)11-18(14)23)12-25-22(29)27(16-6-7-16)17-4-2-8-26(13-17)21(28)20-5-3-9-30-20/h10-11,16-17,20H,2-9,12-13H2,1H3,(H,25,29)/t17-,20+/m1/s1. The Morgan fingerprint density at radius 2 is 2.03 bits per heavy atom. The number of halogens is 2. The fraction of sp³-hybridized carbons (Fsp3) is 0.636. The van der Waals surface area contributed by atoms with Crippen molar-refractivity contribution >= 4 is 23.5 Å². The van der Waals surface area contributed by atoms with E-state index in [0.717, 1.165) is 44.1 Å². The van der Waals surface area contributed by atoms with Gasteiger partial charge in [0.2, 0.25) is 0 Å². The summed E-state index contributed by atoms with van der Waals surface area (Å²) in [4.78, 5) is 29.5. The lowest BCUT2D eigenvalue weighted by molar-refractivity contribution is -0.142. The lowest BCUT2D eigenvalue weighted by Gasteiger charge is -2.40. The molecule has 1 N–H and O–H groups in total. The largest absolute Gasteiger partial charge is 0.368 e. The first-order chi connectivity index (χ1) is 14.4. The van der Waals surface area contributed by atoms with Crippen LogP contribution in [0.15, 0.2) is 12.1 Å². The molecule has 0 bridgehead atoms. The van der Waals surface area contributed by atoms with Gasteiger partial charge in [-0.15, -0.1) is 0 Å². The number of ether oxygens (including phenoxy) is 1. The molecule has 2 aliphatic heterocycles. The Morgan fingerprint density at radius 1 is 1.23 bits per heavy atom. The summed E-state index contributed by atoms with van der Waals surface area (Å²) in [5, 5.41) is 3.26. The Bertz CT molecular complexity index is 811. The minimum absolute atomic E-state index is 0.0200. The fourth-order valence-electron chi connectivity index (χ4n) is 4.46. The van der Waals surface area contributed by atoms with E-state index in [2.05, 4.69) is 5.32 Å². The maximum atomic E-state index is 14.2. The number of nitrogens with one attached hydrogen (secondary N) is 1. The number of amides is 3. The molecule has 0 aromatic heterocycles. The molecule has 1 aromatic rings. The van der Waals surface area contributed by atoms with E-state index in [0.29, 0.717) is 30.3 Å². The van der Waals surface area contributed by atoms with Gasteiger partial charge < -0.3 is 19.9 Å². The van der Waals surface area contributed by atoms with Crippen LogP contribution >= 0.6 is 11.6 Å². The van der Waals surface area contributed by atoms with E-state index in [-0.39, 0.29) is 36.7 Å². The molecule has 3 fully saturated rings. The smallest absolute Gasteiger partial charge is 0.318 e. The SMILES string of the molecule is Cc1cc(CNC(=O)N(C2CC2)[C@@H]2CCCN(C(=O)[C@@H]3CCCO3)C2)c(F)cc1Cl. The normalized spacial score (nSPS) is 24.0. The molecule has 0 unspecified atom stereocenters. The molecule has 4 rings (SSSR count). The van der Waals surface area contributed by atoms with Gasteiger partial charge in [-0.2, -0.15) is 0 Å². The lowest BCUT2D eigenvalue weighted by Crippen LogP contribution is -2.56. The van der Waals surface area contributed by atoms with Crippen molar-refractivity contribution in [2.45, 2.75) is 70.2 Å². The first-order valence-corrected chi connectivity index (χ1v) is 11.2. The Labute approximate surface area is 181 Å². The topological polar surface area (TPSA) is 61.9 Å². The molecule has 2 saturated heterocycles. The van der Waals surface area contributed by atoms with Crippen LogP contribution in [0.3, 0.4) is 0 Å². The second kappa shape index (κ2) is 9.10. The van der Waals surface area contributed by atoms with E-state index < -0.39 is 5.82 Å². The summed E-state index contributed by atoms with van der Waals surface area (Å²) in [6.07, 6.45) is 5.04. The second-order valence-electron chi connectivity index (χ2n) is 8.57. The zero-order valence-corrected chi connectivity index (χ0v) is 18.1. The first-order valence-electron chi connectivity index (χ1n) is 10.8. The number of carbonyl (C=O) groups is 2. The number of hydrogen-bond acceptors (Lipinski definition) is 3. The van der Waals surface area contributed by atoms with Crippen LogP contribution in [0.25, 0.3) is 0 Å². The van der Waals surface area contributed by atoms with E-state index in [4.69, 9.17) is 16.3 Å². The van der Waals surface area contributed by atoms with Gasteiger partial charge in [-0.3, -0.25) is 4.79 Å². The van der Waals surface area contributed by atoms with Crippen LogP contribution < -0.4 is 5.32 Å². The molecule has 1 saturated carbocycles. The van der Waals surface area contributed by atoms with Crippen LogP contribution in [0.2, 0.25) is 5.02 Å². The maximum Gasteiger partial charge on any atom is 0.318 e. The van der Waals surface area contributed by atoms with Crippen molar-refractivity contribution in [2.75, 3.05) is 19.7 Å². The van der Waals surface area contributed by atoms with E-state index >= 15 is 0 Å². The van der Waals surface area contributed by atoms with Crippen molar-refractivity contribution < 1.29 is 18.7 Å². The highest BCUT2D eigenvalue weighted by Crippen LogP contribution is 2.32. The third kappa shape index (κ3) is 4.72. The van der Waals surface area contributed by atoms with Gasteiger partial charge in [-0.1, -0.05) is 11.6 Å². The van der Waals surface area contributed by atoms with Crippen molar-refractivity contribution in [2.24, 2.45) is 0 Å². The van der Waals surface area contributed by atoms with E-state index in [1.165, 1.54) is 6.07 Å². The molecule has 2 heterocycles. The van der Waals surface area contributed by atoms with Gasteiger partial charge in [-0.05, 0) is 63.1 Å². The molecule has 0 spiro atoms. The van der Waals surface area contributed by atoms with Gasteiger partial charge in [-0.25, -0.2) is 9.18 Å². The summed E-state index contributed by atoms with van der Waals surface area (Å²) in [5.74, 6) is -0.373. The van der Waals surface area contributed by atoms with Crippen LogP contribution in [0, 0.1) is 12.7 Å². The van der Waals surface area contributed by atoms with Gasteiger partial charge in [0.05, 0.1) is 6.04 Å². The highest BCUT2D eigenvalue weighted by atomic mass is 35.5. The summed E-state index contributed by atoms with van der Waals surface area (Å²) in [5.41, 5.74) is 1.19. The predicted octanol–water partition coefficient (Wildman–Crippen LogP) is 3.63. The Hall–Kier alpha value is -1.86.